The minimum absolute atomic E-state index is 0.0976. The molecule has 0 aliphatic rings. The number of carboxylic acids is 1. The van der Waals surface area contributed by atoms with E-state index in [1.807, 2.05) is 6.92 Å². The molecule has 0 atom stereocenters. The van der Waals surface area contributed by atoms with Crippen LogP contribution in [-0.2, 0) is 4.74 Å². The van der Waals surface area contributed by atoms with Gasteiger partial charge in [-0.05, 0) is 19.1 Å². The van der Waals surface area contributed by atoms with Crippen molar-refractivity contribution in [3.63, 3.8) is 0 Å². The highest BCUT2D eigenvalue weighted by atomic mass is 35.5. The van der Waals surface area contributed by atoms with Gasteiger partial charge in [-0.1, -0.05) is 23.8 Å². The fourth-order valence-corrected chi connectivity index (χ4v) is 1.42. The van der Waals surface area contributed by atoms with E-state index < -0.39 is 5.97 Å². The molecule has 0 radical (unpaired) electrons. The number of ether oxygens (including phenoxy) is 1. The summed E-state index contributed by atoms with van der Waals surface area (Å²) in [7, 11) is 0. The van der Waals surface area contributed by atoms with Gasteiger partial charge in [0.25, 0.3) is 0 Å². The third-order valence-electron chi connectivity index (χ3n) is 1.94. The van der Waals surface area contributed by atoms with Gasteiger partial charge < -0.3 is 15.2 Å². The van der Waals surface area contributed by atoms with Gasteiger partial charge in [0, 0.05) is 6.54 Å². The molecule has 0 saturated carbocycles. The Kier molecular flexibility index (Phi) is 5.61. The zero-order chi connectivity index (χ0) is 13.5. The fraction of sp³-hybridized carbons (Fsp3) is 0.333. The number of aromatic carboxylic acids is 1. The van der Waals surface area contributed by atoms with E-state index in [2.05, 4.69) is 16.9 Å². The molecule has 0 aromatic carbocycles. The summed E-state index contributed by atoms with van der Waals surface area (Å²) in [6, 6.07) is 2.72. The average Bonchev–Trinajstić information content (AvgIpc) is 2.27. The Hall–Kier alpha value is -1.59. The number of carbonyl (C=O) groups is 1. The summed E-state index contributed by atoms with van der Waals surface area (Å²) in [5.74, 6) is -0.625. The summed E-state index contributed by atoms with van der Waals surface area (Å²) in [6.07, 6.45) is 0. The Morgan fingerprint density at radius 3 is 2.94 bits per heavy atom. The molecule has 18 heavy (non-hydrogen) atoms. The van der Waals surface area contributed by atoms with E-state index in [0.717, 1.165) is 5.57 Å². The standard InChI is InChI=1S/C12H15ClN2O3/c1-8(2)7-18-4-3-14-11-6-9(12(16)17)5-10(13)15-11/h5-6H,1,3-4,7H2,2H3,(H,14,15)(H,16,17). The summed E-state index contributed by atoms with van der Waals surface area (Å²) in [4.78, 5) is 14.8. The second-order valence-corrected chi connectivity index (χ2v) is 4.19. The molecule has 1 aromatic heterocycles. The molecule has 0 aliphatic carbocycles. The zero-order valence-electron chi connectivity index (χ0n) is 10.1. The molecule has 6 heteroatoms. The fourth-order valence-electron chi connectivity index (χ4n) is 1.21. The van der Waals surface area contributed by atoms with Crippen LogP contribution in [0, 0.1) is 0 Å². The molecule has 1 rings (SSSR count). The minimum atomic E-state index is -1.04. The van der Waals surface area contributed by atoms with Crippen molar-refractivity contribution >= 4 is 23.4 Å². The highest BCUT2D eigenvalue weighted by molar-refractivity contribution is 6.29. The number of aromatic nitrogens is 1. The number of rotatable bonds is 7. The molecule has 2 N–H and O–H groups in total. The van der Waals surface area contributed by atoms with Gasteiger partial charge in [0.2, 0.25) is 0 Å². The molecular weight excluding hydrogens is 256 g/mol. The molecule has 1 heterocycles. The Morgan fingerprint density at radius 2 is 2.33 bits per heavy atom. The predicted octanol–water partition coefficient (Wildman–Crippen LogP) is 2.44. The van der Waals surface area contributed by atoms with Crippen molar-refractivity contribution in [1.82, 2.24) is 4.98 Å². The highest BCUT2D eigenvalue weighted by Crippen LogP contribution is 2.14. The Bertz CT molecular complexity index is 449. The number of nitrogens with one attached hydrogen (secondary N) is 1. The van der Waals surface area contributed by atoms with Crippen LogP contribution in [0.2, 0.25) is 5.15 Å². The Morgan fingerprint density at radius 1 is 1.61 bits per heavy atom. The van der Waals surface area contributed by atoms with Crippen LogP contribution >= 0.6 is 11.6 Å². The molecule has 0 aliphatic heterocycles. The van der Waals surface area contributed by atoms with Crippen molar-refractivity contribution in [3.05, 3.63) is 35.0 Å². The number of anilines is 1. The number of hydrogen-bond donors (Lipinski definition) is 2. The summed E-state index contributed by atoms with van der Waals surface area (Å²) in [5, 5.41) is 11.9. The van der Waals surface area contributed by atoms with Crippen LogP contribution in [-0.4, -0.2) is 35.8 Å². The third-order valence-corrected chi connectivity index (χ3v) is 2.14. The van der Waals surface area contributed by atoms with E-state index in [1.54, 1.807) is 0 Å². The van der Waals surface area contributed by atoms with E-state index in [0.29, 0.717) is 25.6 Å². The van der Waals surface area contributed by atoms with E-state index in [1.165, 1.54) is 12.1 Å². The van der Waals surface area contributed by atoms with E-state index in [9.17, 15) is 4.79 Å². The van der Waals surface area contributed by atoms with Crippen LogP contribution in [0.4, 0.5) is 5.82 Å². The van der Waals surface area contributed by atoms with E-state index in [-0.39, 0.29) is 10.7 Å². The molecule has 0 amide bonds. The van der Waals surface area contributed by atoms with Crippen molar-refractivity contribution < 1.29 is 14.6 Å². The van der Waals surface area contributed by atoms with Crippen LogP contribution < -0.4 is 5.32 Å². The second-order valence-electron chi connectivity index (χ2n) is 3.81. The van der Waals surface area contributed by atoms with Crippen LogP contribution in [0.1, 0.15) is 17.3 Å². The topological polar surface area (TPSA) is 71.5 Å². The smallest absolute Gasteiger partial charge is 0.335 e. The van der Waals surface area contributed by atoms with Gasteiger partial charge in [-0.15, -0.1) is 0 Å². The first kappa shape index (κ1) is 14.5. The summed E-state index contributed by atoms with van der Waals surface area (Å²) in [5.41, 5.74) is 1.05. The van der Waals surface area contributed by atoms with Gasteiger partial charge >= 0.3 is 5.97 Å². The first-order valence-corrected chi connectivity index (χ1v) is 5.73. The van der Waals surface area contributed by atoms with Gasteiger partial charge in [0.05, 0.1) is 18.8 Å². The molecule has 1 aromatic rings. The van der Waals surface area contributed by atoms with Crippen LogP contribution in [0.3, 0.4) is 0 Å². The van der Waals surface area contributed by atoms with Crippen molar-refractivity contribution in [2.75, 3.05) is 25.1 Å². The maximum Gasteiger partial charge on any atom is 0.335 e. The normalized spacial score (nSPS) is 10.1. The van der Waals surface area contributed by atoms with Gasteiger partial charge in [-0.3, -0.25) is 0 Å². The Balaban J connectivity index is 2.47. The van der Waals surface area contributed by atoms with Crippen molar-refractivity contribution in [3.8, 4) is 0 Å². The number of nitrogens with zero attached hydrogens (tertiary/aromatic N) is 1. The monoisotopic (exact) mass is 270 g/mol. The maximum atomic E-state index is 10.8. The van der Waals surface area contributed by atoms with Gasteiger partial charge in [0.15, 0.2) is 0 Å². The first-order chi connectivity index (χ1) is 8.49. The summed E-state index contributed by atoms with van der Waals surface area (Å²) < 4.78 is 5.29. The second kappa shape index (κ2) is 6.98. The lowest BCUT2D eigenvalue weighted by molar-refractivity contribution is 0.0697. The molecule has 0 bridgehead atoms. The van der Waals surface area contributed by atoms with Gasteiger partial charge in [0.1, 0.15) is 11.0 Å². The Labute approximate surface area is 110 Å². The lowest BCUT2D eigenvalue weighted by Crippen LogP contribution is -2.12. The lowest BCUT2D eigenvalue weighted by atomic mass is 10.2. The highest BCUT2D eigenvalue weighted by Gasteiger charge is 2.06. The minimum Gasteiger partial charge on any atom is -0.478 e. The van der Waals surface area contributed by atoms with Crippen LogP contribution in [0.25, 0.3) is 0 Å². The average molecular weight is 271 g/mol. The SMILES string of the molecule is C=C(C)COCCNc1cc(C(=O)O)cc(Cl)n1. The molecular formula is C12H15ClN2O3. The third kappa shape index (κ3) is 5.16. The van der Waals surface area contributed by atoms with E-state index in [4.69, 9.17) is 21.4 Å². The molecule has 98 valence electrons. The maximum absolute atomic E-state index is 10.8. The quantitative estimate of drug-likeness (QED) is 0.452. The number of halogens is 1. The number of carboxylic acid groups (broad SMARTS) is 1. The first-order valence-electron chi connectivity index (χ1n) is 5.36. The van der Waals surface area contributed by atoms with Crippen molar-refractivity contribution in [2.24, 2.45) is 0 Å². The number of hydrogen-bond acceptors (Lipinski definition) is 4. The van der Waals surface area contributed by atoms with E-state index >= 15 is 0 Å². The predicted molar refractivity (Wildman–Crippen MR) is 70.3 cm³/mol. The molecule has 0 spiro atoms. The largest absolute Gasteiger partial charge is 0.478 e. The zero-order valence-corrected chi connectivity index (χ0v) is 10.8. The van der Waals surface area contributed by atoms with Gasteiger partial charge in [-0.25, -0.2) is 9.78 Å². The lowest BCUT2D eigenvalue weighted by Gasteiger charge is -2.07. The molecule has 0 saturated heterocycles. The molecule has 0 unspecified atom stereocenters. The molecule has 0 fully saturated rings. The summed E-state index contributed by atoms with van der Waals surface area (Å²) in [6.45, 7) is 7.09. The van der Waals surface area contributed by atoms with Gasteiger partial charge in [-0.2, -0.15) is 0 Å². The van der Waals surface area contributed by atoms with Crippen LogP contribution in [0.15, 0.2) is 24.3 Å². The number of pyridine rings is 1. The molecule has 5 nitrogen and oxygen atoms in total. The van der Waals surface area contributed by atoms with Crippen molar-refractivity contribution in [2.45, 2.75) is 6.92 Å². The van der Waals surface area contributed by atoms with Crippen LogP contribution in [0.5, 0.6) is 0 Å². The summed E-state index contributed by atoms with van der Waals surface area (Å²) >= 11 is 5.72. The van der Waals surface area contributed by atoms with Crippen molar-refractivity contribution in [1.29, 1.82) is 0 Å².